The fourth-order valence-corrected chi connectivity index (χ4v) is 2.86. The van der Waals surface area contributed by atoms with Gasteiger partial charge in [0.25, 0.3) is 0 Å². The number of amides is 1. The number of nitrogens with zero attached hydrogens (tertiary/aromatic N) is 1. The quantitative estimate of drug-likeness (QED) is 0.860. The lowest BCUT2D eigenvalue weighted by atomic mass is 9.95. The molecule has 1 amide bonds. The summed E-state index contributed by atoms with van der Waals surface area (Å²) in [6.45, 7) is 2.46. The summed E-state index contributed by atoms with van der Waals surface area (Å²) in [6.07, 6.45) is 5.56. The van der Waals surface area contributed by atoms with Crippen LogP contribution in [0.5, 0.6) is 0 Å². The molecule has 20 heavy (non-hydrogen) atoms. The topological polar surface area (TPSA) is 79.3 Å². The van der Waals surface area contributed by atoms with E-state index < -0.39 is 17.8 Å². The first-order valence-electron chi connectivity index (χ1n) is 7.01. The zero-order valence-electron chi connectivity index (χ0n) is 11.6. The van der Waals surface area contributed by atoms with E-state index in [4.69, 9.17) is 0 Å². The summed E-state index contributed by atoms with van der Waals surface area (Å²) in [4.78, 5) is 27.4. The summed E-state index contributed by atoms with van der Waals surface area (Å²) in [5, 5.41) is 12.1. The van der Waals surface area contributed by atoms with Gasteiger partial charge in [0.05, 0.1) is 11.8 Å². The second kappa shape index (κ2) is 6.50. The lowest BCUT2D eigenvalue weighted by Gasteiger charge is -2.15. The van der Waals surface area contributed by atoms with Crippen LogP contribution in [0.15, 0.2) is 24.5 Å². The van der Waals surface area contributed by atoms with Gasteiger partial charge in [0.2, 0.25) is 5.91 Å². The van der Waals surface area contributed by atoms with Gasteiger partial charge in [-0.25, -0.2) is 0 Å². The van der Waals surface area contributed by atoms with Crippen molar-refractivity contribution in [1.29, 1.82) is 0 Å². The number of carboxylic acid groups (broad SMARTS) is 1. The fourth-order valence-electron chi connectivity index (χ4n) is 2.86. The Balaban J connectivity index is 1.95. The third-order valence-corrected chi connectivity index (χ3v) is 4.11. The van der Waals surface area contributed by atoms with Crippen LogP contribution in [-0.4, -0.2) is 22.0 Å². The molecule has 1 fully saturated rings. The molecule has 0 radical (unpaired) electrons. The second-order valence-electron chi connectivity index (χ2n) is 5.37. The molecule has 0 spiro atoms. The van der Waals surface area contributed by atoms with E-state index in [9.17, 15) is 14.7 Å². The average molecular weight is 276 g/mol. The van der Waals surface area contributed by atoms with Crippen molar-refractivity contribution >= 4 is 11.9 Å². The minimum Gasteiger partial charge on any atom is -0.481 e. The van der Waals surface area contributed by atoms with Gasteiger partial charge in [0.15, 0.2) is 0 Å². The van der Waals surface area contributed by atoms with Crippen LogP contribution >= 0.6 is 0 Å². The molecule has 1 aliphatic carbocycles. The van der Waals surface area contributed by atoms with Crippen LogP contribution in [0.25, 0.3) is 0 Å². The summed E-state index contributed by atoms with van der Waals surface area (Å²) in [5.41, 5.74) is 0.963. The first-order valence-corrected chi connectivity index (χ1v) is 7.01. The normalized spacial score (nSPS) is 25.4. The standard InChI is InChI=1S/C15H20N2O3/c1-2-10-7-12(13(8-10)15(19)20)14(18)17-9-11-3-5-16-6-4-11/h3-6,10,12-13H,2,7-9H2,1H3,(H,17,18)(H,19,20)/t10?,12-,13+/m0/s1. The van der Waals surface area contributed by atoms with E-state index >= 15 is 0 Å². The Labute approximate surface area is 118 Å². The van der Waals surface area contributed by atoms with E-state index in [-0.39, 0.29) is 5.91 Å². The highest BCUT2D eigenvalue weighted by Crippen LogP contribution is 2.38. The van der Waals surface area contributed by atoms with Crippen LogP contribution < -0.4 is 5.32 Å². The highest BCUT2D eigenvalue weighted by atomic mass is 16.4. The maximum atomic E-state index is 12.2. The van der Waals surface area contributed by atoms with Crippen LogP contribution in [0.3, 0.4) is 0 Å². The summed E-state index contributed by atoms with van der Waals surface area (Å²) in [6, 6.07) is 3.66. The van der Waals surface area contributed by atoms with Gasteiger partial charge in [-0.05, 0) is 36.5 Å². The van der Waals surface area contributed by atoms with Gasteiger partial charge in [-0.15, -0.1) is 0 Å². The maximum Gasteiger partial charge on any atom is 0.307 e. The summed E-state index contributed by atoms with van der Waals surface area (Å²) in [7, 11) is 0. The zero-order chi connectivity index (χ0) is 14.5. The Hall–Kier alpha value is -1.91. The van der Waals surface area contributed by atoms with Gasteiger partial charge in [0, 0.05) is 18.9 Å². The molecule has 1 aliphatic rings. The van der Waals surface area contributed by atoms with Crippen LogP contribution in [0.4, 0.5) is 0 Å². The minimum absolute atomic E-state index is 0.148. The lowest BCUT2D eigenvalue weighted by Crippen LogP contribution is -2.34. The molecule has 5 heteroatoms. The van der Waals surface area contributed by atoms with E-state index in [1.54, 1.807) is 12.4 Å². The summed E-state index contributed by atoms with van der Waals surface area (Å²) >= 11 is 0. The predicted molar refractivity (Wildman–Crippen MR) is 73.7 cm³/mol. The van der Waals surface area contributed by atoms with Crippen LogP contribution in [0.2, 0.25) is 0 Å². The van der Waals surface area contributed by atoms with Crippen molar-refractivity contribution in [1.82, 2.24) is 10.3 Å². The second-order valence-corrected chi connectivity index (χ2v) is 5.37. The number of nitrogens with one attached hydrogen (secondary N) is 1. The molecule has 1 unspecified atom stereocenters. The Bertz CT molecular complexity index is 475. The molecule has 5 nitrogen and oxygen atoms in total. The molecule has 3 atom stereocenters. The smallest absolute Gasteiger partial charge is 0.307 e. The van der Waals surface area contributed by atoms with Crippen molar-refractivity contribution in [3.63, 3.8) is 0 Å². The molecule has 1 aromatic heterocycles. The number of aromatic nitrogens is 1. The largest absolute Gasteiger partial charge is 0.481 e. The van der Waals surface area contributed by atoms with Crippen molar-refractivity contribution in [3.8, 4) is 0 Å². The first kappa shape index (κ1) is 14.5. The van der Waals surface area contributed by atoms with Crippen molar-refractivity contribution in [2.75, 3.05) is 0 Å². The minimum atomic E-state index is -0.856. The van der Waals surface area contributed by atoms with Crippen LogP contribution in [-0.2, 0) is 16.1 Å². The molecule has 1 heterocycles. The van der Waals surface area contributed by atoms with Crippen molar-refractivity contribution in [2.45, 2.75) is 32.7 Å². The van der Waals surface area contributed by atoms with Gasteiger partial charge >= 0.3 is 5.97 Å². The molecule has 0 aliphatic heterocycles. The average Bonchev–Trinajstić information content (AvgIpc) is 2.90. The Morgan fingerprint density at radius 1 is 1.30 bits per heavy atom. The number of pyridine rings is 1. The Kier molecular flexibility index (Phi) is 4.71. The third kappa shape index (κ3) is 3.35. The fraction of sp³-hybridized carbons (Fsp3) is 0.533. The highest BCUT2D eigenvalue weighted by molar-refractivity contribution is 5.85. The van der Waals surface area contributed by atoms with Crippen molar-refractivity contribution in [2.24, 2.45) is 17.8 Å². The summed E-state index contributed by atoms with van der Waals surface area (Å²) < 4.78 is 0. The van der Waals surface area contributed by atoms with E-state index in [0.29, 0.717) is 25.3 Å². The Morgan fingerprint density at radius 2 is 1.95 bits per heavy atom. The van der Waals surface area contributed by atoms with Gasteiger partial charge in [-0.1, -0.05) is 13.3 Å². The van der Waals surface area contributed by atoms with E-state index in [1.807, 2.05) is 19.1 Å². The number of hydrogen-bond acceptors (Lipinski definition) is 3. The molecule has 2 N–H and O–H groups in total. The van der Waals surface area contributed by atoms with Gasteiger partial charge < -0.3 is 10.4 Å². The number of carbonyl (C=O) groups is 2. The zero-order valence-corrected chi connectivity index (χ0v) is 11.6. The third-order valence-electron chi connectivity index (χ3n) is 4.11. The number of carboxylic acids is 1. The number of aliphatic carboxylic acids is 1. The molecular formula is C15H20N2O3. The van der Waals surface area contributed by atoms with Gasteiger partial charge in [0.1, 0.15) is 0 Å². The number of hydrogen-bond donors (Lipinski definition) is 2. The Morgan fingerprint density at radius 3 is 2.55 bits per heavy atom. The van der Waals surface area contributed by atoms with Gasteiger partial charge in [-0.2, -0.15) is 0 Å². The van der Waals surface area contributed by atoms with E-state index in [2.05, 4.69) is 10.3 Å². The van der Waals surface area contributed by atoms with E-state index in [0.717, 1.165) is 12.0 Å². The number of carbonyl (C=O) groups excluding carboxylic acids is 1. The van der Waals surface area contributed by atoms with Crippen molar-refractivity contribution in [3.05, 3.63) is 30.1 Å². The molecule has 1 saturated carbocycles. The first-order chi connectivity index (χ1) is 9.61. The molecule has 0 aromatic carbocycles. The predicted octanol–water partition coefficient (Wildman–Crippen LogP) is 1.83. The molecule has 0 bridgehead atoms. The monoisotopic (exact) mass is 276 g/mol. The van der Waals surface area contributed by atoms with Gasteiger partial charge in [-0.3, -0.25) is 14.6 Å². The SMILES string of the molecule is CCC1C[C@H](C(=O)NCc2ccncc2)[C@H](C(=O)O)C1. The molecule has 2 rings (SSSR count). The molecule has 0 saturated heterocycles. The van der Waals surface area contributed by atoms with E-state index in [1.165, 1.54) is 0 Å². The maximum absolute atomic E-state index is 12.2. The highest BCUT2D eigenvalue weighted by Gasteiger charge is 2.41. The molecule has 1 aromatic rings. The number of rotatable bonds is 5. The van der Waals surface area contributed by atoms with Crippen LogP contribution in [0.1, 0.15) is 31.7 Å². The molecule has 108 valence electrons. The summed E-state index contributed by atoms with van der Waals surface area (Å²) in [5.74, 6) is -1.61. The molecular weight excluding hydrogens is 256 g/mol. The lowest BCUT2D eigenvalue weighted by molar-refractivity contribution is -0.146. The van der Waals surface area contributed by atoms with Crippen LogP contribution in [0, 0.1) is 17.8 Å². The van der Waals surface area contributed by atoms with Crippen molar-refractivity contribution < 1.29 is 14.7 Å².